The molecule has 1 rings (SSSR count). The summed E-state index contributed by atoms with van der Waals surface area (Å²) >= 11 is 16.1. The zero-order valence-electron chi connectivity index (χ0n) is 8.01. The van der Waals surface area contributed by atoms with Gasteiger partial charge in [0.2, 0.25) is 0 Å². The van der Waals surface area contributed by atoms with Gasteiger partial charge < -0.3 is 10.5 Å². The summed E-state index contributed by atoms with van der Waals surface area (Å²) in [5, 5.41) is 0. The van der Waals surface area contributed by atoms with E-state index < -0.39 is 21.5 Å². The van der Waals surface area contributed by atoms with Crippen molar-refractivity contribution in [1.82, 2.24) is 0 Å². The van der Waals surface area contributed by atoms with E-state index in [1.165, 1.54) is 0 Å². The molecular weight excluding hydrogens is 262 g/mol. The minimum absolute atomic E-state index is 0.414. The fourth-order valence-electron chi connectivity index (χ4n) is 1.55. The second-order valence-electron chi connectivity index (χ2n) is 3.69. The summed E-state index contributed by atoms with van der Waals surface area (Å²) < 4.78 is 2.87. The highest BCUT2D eigenvalue weighted by molar-refractivity contribution is 6.75. The van der Waals surface area contributed by atoms with E-state index in [0.717, 1.165) is 12.8 Å². The van der Waals surface area contributed by atoms with Crippen molar-refractivity contribution in [3.63, 3.8) is 0 Å². The molecule has 1 aliphatic carbocycles. The van der Waals surface area contributed by atoms with Gasteiger partial charge in [0, 0.05) is 6.42 Å². The number of esters is 1. The summed E-state index contributed by atoms with van der Waals surface area (Å²) in [5.74, 6) is -0.979. The van der Waals surface area contributed by atoms with Crippen molar-refractivity contribution >= 4 is 40.8 Å². The normalized spacial score (nSPS) is 32.5. The van der Waals surface area contributed by atoms with Gasteiger partial charge in [0.15, 0.2) is 5.72 Å². The Kier molecular flexibility index (Phi) is 4.12. The van der Waals surface area contributed by atoms with Gasteiger partial charge in [0.05, 0.1) is 6.04 Å². The number of nitrogens with two attached hydrogens (primary N) is 2. The van der Waals surface area contributed by atoms with Gasteiger partial charge in [-0.05, 0) is 12.8 Å². The molecule has 0 saturated heterocycles. The van der Waals surface area contributed by atoms with E-state index in [9.17, 15) is 4.79 Å². The zero-order valence-corrected chi connectivity index (χ0v) is 10.3. The molecule has 7 heteroatoms. The molecule has 0 aliphatic heterocycles. The van der Waals surface area contributed by atoms with Crippen molar-refractivity contribution in [3.05, 3.63) is 0 Å². The summed E-state index contributed by atoms with van der Waals surface area (Å²) in [6.45, 7) is 0. The monoisotopic (exact) mass is 274 g/mol. The van der Waals surface area contributed by atoms with E-state index in [0.29, 0.717) is 12.8 Å². The molecule has 2 unspecified atom stereocenters. The van der Waals surface area contributed by atoms with Crippen molar-refractivity contribution < 1.29 is 9.53 Å². The zero-order chi connectivity index (χ0) is 11.7. The van der Waals surface area contributed by atoms with E-state index in [1.807, 2.05) is 0 Å². The Bertz CT molecular complexity index is 257. The molecule has 1 saturated carbocycles. The fourth-order valence-corrected chi connectivity index (χ4v) is 1.67. The Morgan fingerprint density at radius 2 is 2.00 bits per heavy atom. The minimum atomic E-state index is -2.11. The molecule has 0 bridgehead atoms. The lowest BCUT2D eigenvalue weighted by Gasteiger charge is -2.38. The predicted octanol–water partition coefficient (Wildman–Crippen LogP) is 1.46. The Morgan fingerprint density at radius 1 is 1.40 bits per heavy atom. The van der Waals surface area contributed by atoms with Crippen LogP contribution in [0.3, 0.4) is 0 Å². The van der Waals surface area contributed by atoms with Gasteiger partial charge in [-0.25, -0.2) is 4.79 Å². The van der Waals surface area contributed by atoms with E-state index in [2.05, 4.69) is 0 Å². The van der Waals surface area contributed by atoms with Crippen LogP contribution >= 0.6 is 34.8 Å². The quantitative estimate of drug-likeness (QED) is 0.431. The molecule has 15 heavy (non-hydrogen) atoms. The Morgan fingerprint density at radius 3 is 2.47 bits per heavy atom. The van der Waals surface area contributed by atoms with Crippen LogP contribution in [0.2, 0.25) is 0 Å². The maximum atomic E-state index is 11.3. The first-order valence-corrected chi connectivity index (χ1v) is 5.74. The van der Waals surface area contributed by atoms with Crippen LogP contribution in [0.15, 0.2) is 0 Å². The molecule has 4 nitrogen and oxygen atoms in total. The summed E-state index contributed by atoms with van der Waals surface area (Å²) in [4.78, 5) is 11.3. The highest BCUT2D eigenvalue weighted by Crippen LogP contribution is 2.32. The molecule has 0 amide bonds. The fraction of sp³-hybridized carbons (Fsp3) is 0.875. The van der Waals surface area contributed by atoms with Crippen LogP contribution in [0.25, 0.3) is 0 Å². The van der Waals surface area contributed by atoms with Crippen LogP contribution in [0.4, 0.5) is 0 Å². The molecule has 0 radical (unpaired) electrons. The smallest absolute Gasteiger partial charge is 0.360 e. The summed E-state index contributed by atoms with van der Waals surface area (Å²) in [5.41, 5.74) is 10.4. The van der Waals surface area contributed by atoms with E-state index in [-0.39, 0.29) is 0 Å². The van der Waals surface area contributed by atoms with Gasteiger partial charge in [-0.3, -0.25) is 5.73 Å². The highest BCUT2D eigenvalue weighted by atomic mass is 35.6. The van der Waals surface area contributed by atoms with E-state index in [1.54, 1.807) is 0 Å². The standard InChI is InChI=1S/C8H13Cl3N2O2/c9-8(10,11)6(14)15-7(13)4-2-1-3-5(7)12/h5H,1-4,12-13H2. The van der Waals surface area contributed by atoms with E-state index >= 15 is 0 Å². The molecule has 1 aliphatic rings. The number of carbonyl (C=O) groups is 1. The minimum Gasteiger partial charge on any atom is -0.439 e. The lowest BCUT2D eigenvalue weighted by molar-refractivity contribution is -0.163. The summed E-state index contributed by atoms with van der Waals surface area (Å²) in [6.07, 6.45) is 2.99. The predicted molar refractivity (Wildman–Crippen MR) is 59.7 cm³/mol. The third-order valence-corrected chi connectivity index (χ3v) is 2.94. The lowest BCUT2D eigenvalue weighted by atomic mass is 9.88. The first-order valence-electron chi connectivity index (χ1n) is 4.60. The molecule has 0 spiro atoms. The molecule has 4 N–H and O–H groups in total. The Hall–Kier alpha value is 0.260. The number of hydrogen-bond donors (Lipinski definition) is 2. The third-order valence-electron chi connectivity index (χ3n) is 2.47. The van der Waals surface area contributed by atoms with Crippen LogP contribution in [0, 0.1) is 0 Å². The lowest BCUT2D eigenvalue weighted by Crippen LogP contribution is -2.60. The van der Waals surface area contributed by atoms with Crippen LogP contribution in [-0.2, 0) is 9.53 Å². The third kappa shape index (κ3) is 3.36. The van der Waals surface area contributed by atoms with Gasteiger partial charge in [0.25, 0.3) is 3.79 Å². The maximum Gasteiger partial charge on any atom is 0.360 e. The molecule has 88 valence electrons. The maximum absolute atomic E-state index is 11.3. The largest absolute Gasteiger partial charge is 0.439 e. The second kappa shape index (κ2) is 4.63. The first kappa shape index (κ1) is 13.3. The van der Waals surface area contributed by atoms with E-state index in [4.69, 9.17) is 51.0 Å². The molecule has 1 fully saturated rings. The second-order valence-corrected chi connectivity index (χ2v) is 5.98. The average molecular weight is 276 g/mol. The van der Waals surface area contributed by atoms with Crippen molar-refractivity contribution in [3.8, 4) is 0 Å². The highest BCUT2D eigenvalue weighted by Gasteiger charge is 2.43. The van der Waals surface area contributed by atoms with Crippen molar-refractivity contribution in [1.29, 1.82) is 0 Å². The van der Waals surface area contributed by atoms with Crippen molar-refractivity contribution in [2.24, 2.45) is 11.5 Å². The van der Waals surface area contributed by atoms with Gasteiger partial charge in [-0.15, -0.1) is 0 Å². The summed E-state index contributed by atoms with van der Waals surface area (Å²) in [6, 6.07) is -0.414. The van der Waals surface area contributed by atoms with Crippen LogP contribution < -0.4 is 11.5 Å². The van der Waals surface area contributed by atoms with Crippen molar-refractivity contribution in [2.45, 2.75) is 41.2 Å². The molecule has 0 aromatic heterocycles. The Balaban J connectivity index is 2.66. The molecular formula is C8H13Cl3N2O2. The summed E-state index contributed by atoms with van der Waals surface area (Å²) in [7, 11) is 0. The van der Waals surface area contributed by atoms with Crippen LogP contribution in [0.1, 0.15) is 25.7 Å². The van der Waals surface area contributed by atoms with Crippen molar-refractivity contribution in [2.75, 3.05) is 0 Å². The molecule has 2 atom stereocenters. The first-order chi connectivity index (χ1) is 6.76. The topological polar surface area (TPSA) is 78.3 Å². The SMILES string of the molecule is NC1CCCCC1(N)OC(=O)C(Cl)(Cl)Cl. The molecule has 0 heterocycles. The van der Waals surface area contributed by atoms with Crippen LogP contribution in [0.5, 0.6) is 0 Å². The number of rotatable bonds is 1. The Labute approximate surface area is 103 Å². The number of ether oxygens (including phenoxy) is 1. The molecule has 0 aromatic rings. The average Bonchev–Trinajstić information content (AvgIpc) is 2.09. The van der Waals surface area contributed by atoms with Gasteiger partial charge in [0.1, 0.15) is 0 Å². The van der Waals surface area contributed by atoms with Crippen LogP contribution in [-0.4, -0.2) is 21.5 Å². The number of halogens is 3. The number of alkyl halides is 3. The van der Waals surface area contributed by atoms with Gasteiger partial charge >= 0.3 is 5.97 Å². The molecule has 0 aromatic carbocycles. The number of carbonyl (C=O) groups excluding carboxylic acids is 1. The number of hydrogen-bond acceptors (Lipinski definition) is 4. The van der Waals surface area contributed by atoms with Gasteiger partial charge in [-0.1, -0.05) is 41.2 Å². The van der Waals surface area contributed by atoms with Gasteiger partial charge in [-0.2, -0.15) is 0 Å².